The number of nitrogens with one attached hydrogen (secondary N) is 1. The second-order valence-corrected chi connectivity index (χ2v) is 5.89. The summed E-state index contributed by atoms with van der Waals surface area (Å²) in [5.74, 6) is 0.929. The van der Waals surface area contributed by atoms with Gasteiger partial charge in [-0.25, -0.2) is 0 Å². The van der Waals surface area contributed by atoms with Crippen LogP contribution in [0.3, 0.4) is 0 Å². The van der Waals surface area contributed by atoms with Gasteiger partial charge in [0.15, 0.2) is 0 Å². The molecule has 0 saturated carbocycles. The van der Waals surface area contributed by atoms with E-state index in [1.807, 2.05) is 24.8 Å². The highest BCUT2D eigenvalue weighted by atomic mass is 79.9. The highest BCUT2D eigenvalue weighted by Gasteiger charge is 2.11. The van der Waals surface area contributed by atoms with Crippen LogP contribution < -0.4 is 5.32 Å². The molecule has 0 amide bonds. The van der Waals surface area contributed by atoms with Crippen molar-refractivity contribution in [2.45, 2.75) is 46.8 Å². The largest absolute Gasteiger partial charge is 0.467 e. The molecule has 5 heteroatoms. The number of hydrogen-bond acceptors (Lipinski definition) is 3. The van der Waals surface area contributed by atoms with Crippen LogP contribution in [0.15, 0.2) is 21.2 Å². The van der Waals surface area contributed by atoms with Gasteiger partial charge in [-0.2, -0.15) is 5.10 Å². The molecule has 2 heterocycles. The summed E-state index contributed by atoms with van der Waals surface area (Å²) in [5, 5.41) is 7.86. The number of aryl methyl sites for hydroxylation is 1. The van der Waals surface area contributed by atoms with E-state index in [0.717, 1.165) is 28.2 Å². The minimum Gasteiger partial charge on any atom is -0.467 e. The Balaban J connectivity index is 2.05. The topological polar surface area (TPSA) is 43.0 Å². The monoisotopic (exact) mass is 325 g/mol. The van der Waals surface area contributed by atoms with Gasteiger partial charge in [-0.15, -0.1) is 0 Å². The summed E-state index contributed by atoms with van der Waals surface area (Å²) in [6.07, 6.45) is 1.81. The molecule has 0 spiro atoms. The van der Waals surface area contributed by atoms with Crippen LogP contribution in [0.1, 0.15) is 36.6 Å². The Hall–Kier alpha value is -1.07. The quantitative estimate of drug-likeness (QED) is 0.916. The lowest BCUT2D eigenvalue weighted by molar-refractivity contribution is 0.473. The summed E-state index contributed by atoms with van der Waals surface area (Å²) in [5.41, 5.74) is 3.30. The van der Waals surface area contributed by atoms with Gasteiger partial charge in [-0.1, -0.05) is 13.8 Å². The first kappa shape index (κ1) is 14.3. The Labute approximate surface area is 122 Å². The number of rotatable bonds is 5. The molecule has 0 radical (unpaired) electrons. The number of aromatic nitrogens is 2. The zero-order chi connectivity index (χ0) is 14.0. The van der Waals surface area contributed by atoms with E-state index in [9.17, 15) is 0 Å². The maximum absolute atomic E-state index is 5.59. The van der Waals surface area contributed by atoms with Crippen molar-refractivity contribution in [3.05, 3.63) is 39.5 Å². The van der Waals surface area contributed by atoms with Crippen LogP contribution in [0.5, 0.6) is 0 Å². The summed E-state index contributed by atoms with van der Waals surface area (Å²) in [4.78, 5) is 0. The smallest absolute Gasteiger partial charge is 0.125 e. The van der Waals surface area contributed by atoms with E-state index in [1.54, 1.807) is 0 Å². The van der Waals surface area contributed by atoms with Gasteiger partial charge >= 0.3 is 0 Å². The van der Waals surface area contributed by atoms with Gasteiger partial charge in [-0.3, -0.25) is 4.68 Å². The van der Waals surface area contributed by atoms with Crippen molar-refractivity contribution in [3.63, 3.8) is 0 Å². The third-order valence-electron chi connectivity index (χ3n) is 3.02. The zero-order valence-electron chi connectivity index (χ0n) is 11.8. The van der Waals surface area contributed by atoms with Gasteiger partial charge in [0.1, 0.15) is 5.76 Å². The van der Waals surface area contributed by atoms with E-state index >= 15 is 0 Å². The molecule has 0 aromatic carbocycles. The average Bonchev–Trinajstić information content (AvgIpc) is 2.89. The van der Waals surface area contributed by atoms with Crippen LogP contribution in [0, 0.1) is 13.8 Å². The van der Waals surface area contributed by atoms with Gasteiger partial charge in [0.2, 0.25) is 0 Å². The third kappa shape index (κ3) is 3.48. The third-order valence-corrected chi connectivity index (χ3v) is 4.17. The highest BCUT2D eigenvalue weighted by Crippen LogP contribution is 2.21. The Kier molecular flexibility index (Phi) is 4.47. The van der Waals surface area contributed by atoms with Crippen molar-refractivity contribution in [2.24, 2.45) is 0 Å². The van der Waals surface area contributed by atoms with Crippen molar-refractivity contribution in [2.75, 3.05) is 0 Å². The molecule has 0 atom stereocenters. The minimum atomic E-state index is 0.477. The molecular formula is C14H20BrN3O. The molecule has 0 unspecified atom stereocenters. The lowest BCUT2D eigenvalue weighted by Gasteiger charge is -2.04. The molecular weight excluding hydrogens is 306 g/mol. The van der Waals surface area contributed by atoms with Gasteiger partial charge in [0, 0.05) is 18.2 Å². The van der Waals surface area contributed by atoms with Crippen LogP contribution in [-0.2, 0) is 13.1 Å². The van der Waals surface area contributed by atoms with Crippen molar-refractivity contribution < 1.29 is 4.42 Å². The molecule has 2 aromatic rings. The van der Waals surface area contributed by atoms with E-state index in [-0.39, 0.29) is 0 Å². The summed E-state index contributed by atoms with van der Waals surface area (Å²) in [6, 6.07) is 2.56. The van der Waals surface area contributed by atoms with E-state index < -0.39 is 0 Å². The molecule has 19 heavy (non-hydrogen) atoms. The van der Waals surface area contributed by atoms with E-state index in [4.69, 9.17) is 4.42 Å². The number of hydrogen-bond donors (Lipinski definition) is 1. The molecule has 2 aromatic heterocycles. The van der Waals surface area contributed by atoms with Gasteiger partial charge < -0.3 is 9.73 Å². The molecule has 1 N–H and O–H groups in total. The number of nitrogens with zero attached hydrogens (tertiary/aromatic N) is 2. The maximum Gasteiger partial charge on any atom is 0.125 e. The van der Waals surface area contributed by atoms with E-state index in [1.165, 1.54) is 5.56 Å². The van der Waals surface area contributed by atoms with Gasteiger partial charge in [0.05, 0.1) is 28.7 Å². The highest BCUT2D eigenvalue weighted by molar-refractivity contribution is 9.10. The van der Waals surface area contributed by atoms with E-state index in [2.05, 4.69) is 46.3 Å². The molecule has 0 aliphatic carbocycles. The molecule has 4 nitrogen and oxygen atoms in total. The lowest BCUT2D eigenvalue weighted by Crippen LogP contribution is -2.21. The average molecular weight is 326 g/mol. The van der Waals surface area contributed by atoms with Crippen LogP contribution in [-0.4, -0.2) is 15.8 Å². The molecule has 2 rings (SSSR count). The predicted octanol–water partition coefficient (Wildman–Crippen LogP) is 3.40. The van der Waals surface area contributed by atoms with Crippen LogP contribution in [0.2, 0.25) is 0 Å². The molecule has 0 aliphatic heterocycles. The summed E-state index contributed by atoms with van der Waals surface area (Å²) in [6.45, 7) is 9.81. The molecule has 0 bridgehead atoms. The Morgan fingerprint density at radius 3 is 2.74 bits per heavy atom. The summed E-state index contributed by atoms with van der Waals surface area (Å²) >= 11 is 3.54. The second kappa shape index (κ2) is 5.92. The van der Waals surface area contributed by atoms with Crippen molar-refractivity contribution in [3.8, 4) is 0 Å². The zero-order valence-corrected chi connectivity index (χ0v) is 13.4. The second-order valence-electron chi connectivity index (χ2n) is 5.10. The van der Waals surface area contributed by atoms with Crippen LogP contribution in [0.4, 0.5) is 0 Å². The first-order valence-corrected chi connectivity index (χ1v) is 7.26. The Morgan fingerprint density at radius 2 is 2.16 bits per heavy atom. The number of furan rings is 1. The van der Waals surface area contributed by atoms with Crippen molar-refractivity contribution >= 4 is 15.9 Å². The normalized spacial score (nSPS) is 11.5. The first-order chi connectivity index (χ1) is 8.97. The molecule has 0 saturated heterocycles. The summed E-state index contributed by atoms with van der Waals surface area (Å²) < 4.78 is 8.62. The number of halogens is 1. The van der Waals surface area contributed by atoms with Gasteiger partial charge in [0.25, 0.3) is 0 Å². The van der Waals surface area contributed by atoms with Crippen molar-refractivity contribution in [1.82, 2.24) is 15.1 Å². The minimum absolute atomic E-state index is 0.477. The lowest BCUT2D eigenvalue weighted by atomic mass is 10.3. The Bertz CT molecular complexity index is 557. The van der Waals surface area contributed by atoms with Crippen LogP contribution >= 0.6 is 15.9 Å². The Morgan fingerprint density at radius 1 is 1.42 bits per heavy atom. The predicted molar refractivity (Wildman–Crippen MR) is 79.2 cm³/mol. The van der Waals surface area contributed by atoms with Crippen molar-refractivity contribution in [1.29, 1.82) is 0 Å². The molecule has 104 valence electrons. The molecule has 0 aliphatic rings. The molecule has 0 fully saturated rings. The van der Waals surface area contributed by atoms with Crippen LogP contribution in [0.25, 0.3) is 0 Å². The fraction of sp³-hybridized carbons (Fsp3) is 0.500. The van der Waals surface area contributed by atoms with Gasteiger partial charge in [-0.05, 0) is 35.8 Å². The maximum atomic E-state index is 5.59. The first-order valence-electron chi connectivity index (χ1n) is 6.46. The standard InChI is InChI=1S/C14H20BrN3O/c1-9(2)16-6-12-5-13(19-8-12)7-18-11(4)14(15)10(3)17-18/h5,8-9,16H,6-7H2,1-4H3. The summed E-state index contributed by atoms with van der Waals surface area (Å²) in [7, 11) is 0. The fourth-order valence-electron chi connectivity index (χ4n) is 1.90. The van der Waals surface area contributed by atoms with E-state index in [0.29, 0.717) is 12.6 Å². The SMILES string of the molecule is Cc1nn(Cc2cc(CNC(C)C)co2)c(C)c1Br. The fourth-order valence-corrected chi connectivity index (χ4v) is 2.18.